The first-order valence-electron chi connectivity index (χ1n) is 8.34. The summed E-state index contributed by atoms with van der Waals surface area (Å²) in [6.45, 7) is 1.98. The van der Waals surface area contributed by atoms with Gasteiger partial charge in [-0.2, -0.15) is 0 Å². The van der Waals surface area contributed by atoms with E-state index in [0.717, 1.165) is 30.0 Å². The smallest absolute Gasteiger partial charge is 0.319 e. The Morgan fingerprint density at radius 3 is 2.54 bits per heavy atom. The normalized spacial score (nSPS) is 15.1. The quantitative estimate of drug-likeness (QED) is 0.791. The predicted octanol–water partition coefficient (Wildman–Crippen LogP) is 3.14. The van der Waals surface area contributed by atoms with Crippen LogP contribution in [0.4, 0.5) is 16.2 Å². The van der Waals surface area contributed by atoms with E-state index in [1.54, 1.807) is 0 Å². The standard InChI is InChI=1S/C19H23N3O2/c23-14-18(15-7-2-1-3-8-15)21-19(24)20-16-9-6-10-17(13-16)22-11-4-5-12-22/h1-3,6-10,13,18,23H,4-5,11-12,14H2,(H2,20,21,24)/t18-/m1/s1. The number of amides is 2. The van der Waals surface area contributed by atoms with E-state index in [2.05, 4.69) is 21.6 Å². The molecule has 0 aromatic heterocycles. The largest absolute Gasteiger partial charge is 0.394 e. The molecule has 2 amide bonds. The Balaban J connectivity index is 1.63. The number of carbonyl (C=O) groups excluding carboxylic acids is 1. The summed E-state index contributed by atoms with van der Waals surface area (Å²) in [5.41, 5.74) is 2.76. The summed E-state index contributed by atoms with van der Waals surface area (Å²) >= 11 is 0. The molecule has 1 fully saturated rings. The number of nitrogens with one attached hydrogen (secondary N) is 2. The average molecular weight is 325 g/mol. The van der Waals surface area contributed by atoms with Gasteiger partial charge < -0.3 is 20.6 Å². The molecule has 5 heteroatoms. The summed E-state index contributed by atoms with van der Waals surface area (Å²) < 4.78 is 0. The van der Waals surface area contributed by atoms with E-state index >= 15 is 0 Å². The van der Waals surface area contributed by atoms with Gasteiger partial charge >= 0.3 is 6.03 Å². The van der Waals surface area contributed by atoms with Gasteiger partial charge in [-0.15, -0.1) is 0 Å². The van der Waals surface area contributed by atoms with Gasteiger partial charge in [0.2, 0.25) is 0 Å². The third-order valence-corrected chi connectivity index (χ3v) is 4.27. The van der Waals surface area contributed by atoms with Gasteiger partial charge in [0, 0.05) is 24.5 Å². The first kappa shape index (κ1) is 16.3. The summed E-state index contributed by atoms with van der Waals surface area (Å²) in [5.74, 6) is 0. The minimum absolute atomic E-state index is 0.148. The molecule has 3 rings (SSSR count). The maximum atomic E-state index is 12.2. The predicted molar refractivity (Wildman–Crippen MR) is 96.3 cm³/mol. The Hall–Kier alpha value is -2.53. The maximum Gasteiger partial charge on any atom is 0.319 e. The second-order valence-corrected chi connectivity index (χ2v) is 5.99. The zero-order valence-corrected chi connectivity index (χ0v) is 13.6. The number of benzene rings is 2. The van der Waals surface area contributed by atoms with Crippen LogP contribution in [-0.2, 0) is 0 Å². The number of anilines is 2. The molecule has 1 atom stereocenters. The summed E-state index contributed by atoms with van der Waals surface area (Å²) in [5, 5.41) is 15.2. The van der Waals surface area contributed by atoms with Crippen LogP contribution in [0.25, 0.3) is 0 Å². The van der Waals surface area contributed by atoms with Gasteiger partial charge in [-0.05, 0) is 36.6 Å². The molecule has 2 aromatic carbocycles. The third-order valence-electron chi connectivity index (χ3n) is 4.27. The van der Waals surface area contributed by atoms with E-state index in [1.807, 2.05) is 48.5 Å². The Morgan fingerprint density at radius 2 is 1.83 bits per heavy atom. The lowest BCUT2D eigenvalue weighted by atomic mass is 10.1. The highest BCUT2D eigenvalue weighted by atomic mass is 16.3. The molecule has 0 saturated carbocycles. The minimum atomic E-state index is -0.423. The van der Waals surface area contributed by atoms with Crippen LogP contribution < -0.4 is 15.5 Å². The zero-order chi connectivity index (χ0) is 16.8. The highest BCUT2D eigenvalue weighted by molar-refractivity contribution is 5.90. The monoisotopic (exact) mass is 325 g/mol. The summed E-state index contributed by atoms with van der Waals surface area (Å²) in [6.07, 6.45) is 2.43. The lowest BCUT2D eigenvalue weighted by Gasteiger charge is -2.20. The molecule has 1 heterocycles. The van der Waals surface area contributed by atoms with Gasteiger partial charge in [0.1, 0.15) is 0 Å². The number of hydrogen-bond donors (Lipinski definition) is 3. The molecule has 2 aromatic rings. The van der Waals surface area contributed by atoms with E-state index in [9.17, 15) is 9.90 Å². The molecule has 0 unspecified atom stereocenters. The number of hydrogen-bond acceptors (Lipinski definition) is 3. The molecule has 1 aliphatic heterocycles. The van der Waals surface area contributed by atoms with Crippen LogP contribution in [0.3, 0.4) is 0 Å². The van der Waals surface area contributed by atoms with E-state index in [1.165, 1.54) is 12.8 Å². The fourth-order valence-electron chi connectivity index (χ4n) is 3.00. The summed E-state index contributed by atoms with van der Waals surface area (Å²) in [7, 11) is 0. The van der Waals surface area contributed by atoms with Crippen molar-refractivity contribution in [1.82, 2.24) is 5.32 Å². The maximum absolute atomic E-state index is 12.2. The molecule has 5 nitrogen and oxygen atoms in total. The van der Waals surface area contributed by atoms with E-state index < -0.39 is 6.04 Å². The van der Waals surface area contributed by atoms with Gasteiger partial charge in [0.25, 0.3) is 0 Å². The van der Waals surface area contributed by atoms with Crippen molar-refractivity contribution in [3.05, 3.63) is 60.2 Å². The lowest BCUT2D eigenvalue weighted by molar-refractivity contribution is 0.225. The molecule has 0 bridgehead atoms. The van der Waals surface area contributed by atoms with Crippen LogP contribution in [-0.4, -0.2) is 30.8 Å². The zero-order valence-electron chi connectivity index (χ0n) is 13.6. The SMILES string of the molecule is O=C(Nc1cccc(N2CCCC2)c1)N[C@H](CO)c1ccccc1. The second kappa shape index (κ2) is 7.84. The molecule has 0 radical (unpaired) electrons. The van der Waals surface area contributed by atoms with E-state index in [0.29, 0.717) is 0 Å². The van der Waals surface area contributed by atoms with Crippen LogP contribution in [0.15, 0.2) is 54.6 Å². The second-order valence-electron chi connectivity index (χ2n) is 5.99. The molecule has 1 aliphatic rings. The molecule has 24 heavy (non-hydrogen) atoms. The topological polar surface area (TPSA) is 64.6 Å². The molecule has 1 saturated heterocycles. The van der Waals surface area contributed by atoms with Crippen molar-refractivity contribution in [3.8, 4) is 0 Å². The molecular formula is C19H23N3O2. The minimum Gasteiger partial charge on any atom is -0.394 e. The van der Waals surface area contributed by atoms with Gasteiger partial charge in [0.15, 0.2) is 0 Å². The van der Waals surface area contributed by atoms with Gasteiger partial charge in [-0.1, -0.05) is 36.4 Å². The summed E-state index contributed by atoms with van der Waals surface area (Å²) in [4.78, 5) is 14.6. The van der Waals surface area contributed by atoms with Crippen molar-refractivity contribution in [2.75, 3.05) is 29.9 Å². The van der Waals surface area contributed by atoms with Crippen LogP contribution in [0.5, 0.6) is 0 Å². The van der Waals surface area contributed by atoms with Gasteiger partial charge in [0.05, 0.1) is 12.6 Å². The Kier molecular flexibility index (Phi) is 5.33. The van der Waals surface area contributed by atoms with Gasteiger partial charge in [-0.25, -0.2) is 4.79 Å². The van der Waals surface area contributed by atoms with Crippen LogP contribution in [0.1, 0.15) is 24.4 Å². The fraction of sp³-hybridized carbons (Fsp3) is 0.316. The van der Waals surface area contributed by atoms with Crippen molar-refractivity contribution in [1.29, 1.82) is 0 Å². The first-order valence-corrected chi connectivity index (χ1v) is 8.34. The molecule has 3 N–H and O–H groups in total. The summed E-state index contributed by atoms with van der Waals surface area (Å²) in [6, 6.07) is 16.6. The Bertz CT molecular complexity index is 669. The van der Waals surface area contributed by atoms with Crippen LogP contribution in [0.2, 0.25) is 0 Å². The van der Waals surface area contributed by atoms with Crippen molar-refractivity contribution in [2.45, 2.75) is 18.9 Å². The number of urea groups is 1. The molecule has 0 aliphatic carbocycles. The van der Waals surface area contributed by atoms with Crippen LogP contribution >= 0.6 is 0 Å². The molecule has 126 valence electrons. The van der Waals surface area contributed by atoms with Crippen molar-refractivity contribution >= 4 is 17.4 Å². The van der Waals surface area contributed by atoms with Gasteiger partial charge in [-0.3, -0.25) is 0 Å². The molecular weight excluding hydrogens is 302 g/mol. The van der Waals surface area contributed by atoms with Crippen LogP contribution in [0, 0.1) is 0 Å². The lowest BCUT2D eigenvalue weighted by Crippen LogP contribution is -2.34. The highest BCUT2D eigenvalue weighted by Gasteiger charge is 2.15. The number of aliphatic hydroxyl groups is 1. The fourth-order valence-corrected chi connectivity index (χ4v) is 3.00. The van der Waals surface area contributed by atoms with Crippen molar-refractivity contribution in [2.24, 2.45) is 0 Å². The number of aliphatic hydroxyl groups excluding tert-OH is 1. The third kappa shape index (κ3) is 4.06. The van der Waals surface area contributed by atoms with E-state index in [4.69, 9.17) is 0 Å². The molecule has 0 spiro atoms. The number of nitrogens with zero attached hydrogens (tertiary/aromatic N) is 1. The van der Waals surface area contributed by atoms with Crippen molar-refractivity contribution < 1.29 is 9.90 Å². The highest BCUT2D eigenvalue weighted by Crippen LogP contribution is 2.23. The first-order chi connectivity index (χ1) is 11.8. The Morgan fingerprint density at radius 1 is 1.08 bits per heavy atom. The Labute approximate surface area is 142 Å². The van der Waals surface area contributed by atoms with Crippen molar-refractivity contribution in [3.63, 3.8) is 0 Å². The average Bonchev–Trinajstić information content (AvgIpc) is 3.15. The number of rotatable bonds is 5. The number of carbonyl (C=O) groups is 1. The van der Waals surface area contributed by atoms with E-state index in [-0.39, 0.29) is 12.6 Å².